The second kappa shape index (κ2) is 7.24. The van der Waals surface area contributed by atoms with E-state index in [1.54, 1.807) is 14.2 Å². The number of methoxy groups -OCH3 is 2. The average Bonchev–Trinajstić information content (AvgIpc) is 3.28. The Morgan fingerprint density at radius 3 is 2.78 bits per heavy atom. The second-order valence-electron chi connectivity index (χ2n) is 7.36. The smallest absolute Gasteiger partial charge is 0.129 e. The summed E-state index contributed by atoms with van der Waals surface area (Å²) in [6.07, 6.45) is 2.30. The largest absolute Gasteiger partial charge is 0.496 e. The first-order valence-electron chi connectivity index (χ1n) is 9.51. The lowest BCUT2D eigenvalue weighted by molar-refractivity contribution is 0.237. The third-order valence-electron chi connectivity index (χ3n) is 5.57. The van der Waals surface area contributed by atoms with Crippen molar-refractivity contribution < 1.29 is 9.47 Å². The molecule has 0 aliphatic carbocycles. The molecule has 4 rings (SSSR count). The fourth-order valence-corrected chi connectivity index (χ4v) is 4.20. The molecule has 0 spiro atoms. The van der Waals surface area contributed by atoms with Crippen LogP contribution in [-0.2, 0) is 6.54 Å². The Morgan fingerprint density at radius 1 is 1.15 bits per heavy atom. The highest BCUT2D eigenvalue weighted by Crippen LogP contribution is 2.37. The maximum absolute atomic E-state index is 5.70. The summed E-state index contributed by atoms with van der Waals surface area (Å²) in [5.41, 5.74) is 5.65. The SMILES string of the molecule is COc1ccc(CN2CCC[C@@H]2c2nc3ccc(C)cc3[nH]2)c(OC)c1C. The molecule has 2 aromatic carbocycles. The number of likely N-dealkylation sites (tertiary alicyclic amines) is 1. The predicted molar refractivity (Wildman–Crippen MR) is 107 cm³/mol. The molecule has 1 atom stereocenters. The number of aromatic nitrogens is 2. The van der Waals surface area contributed by atoms with Gasteiger partial charge < -0.3 is 14.5 Å². The van der Waals surface area contributed by atoms with Gasteiger partial charge in [0, 0.05) is 17.7 Å². The van der Waals surface area contributed by atoms with Crippen molar-refractivity contribution in [2.45, 2.75) is 39.3 Å². The van der Waals surface area contributed by atoms with Gasteiger partial charge in [0.1, 0.15) is 17.3 Å². The van der Waals surface area contributed by atoms with Crippen molar-refractivity contribution in [1.29, 1.82) is 0 Å². The normalized spacial score (nSPS) is 17.6. The van der Waals surface area contributed by atoms with Crippen LogP contribution in [0.1, 0.15) is 41.4 Å². The minimum absolute atomic E-state index is 0.310. The number of nitrogens with zero attached hydrogens (tertiary/aromatic N) is 2. The molecular formula is C22H27N3O2. The number of hydrogen-bond donors (Lipinski definition) is 1. The van der Waals surface area contributed by atoms with Gasteiger partial charge in [-0.3, -0.25) is 4.90 Å². The van der Waals surface area contributed by atoms with Crippen molar-refractivity contribution in [2.24, 2.45) is 0 Å². The van der Waals surface area contributed by atoms with Crippen molar-refractivity contribution in [2.75, 3.05) is 20.8 Å². The summed E-state index contributed by atoms with van der Waals surface area (Å²) in [6.45, 7) is 6.06. The van der Waals surface area contributed by atoms with Gasteiger partial charge in [0.2, 0.25) is 0 Å². The molecule has 142 valence electrons. The molecule has 1 aromatic heterocycles. The van der Waals surface area contributed by atoms with Crippen LogP contribution in [0.25, 0.3) is 11.0 Å². The molecule has 1 N–H and O–H groups in total. The number of aromatic amines is 1. The average molecular weight is 365 g/mol. The molecule has 0 bridgehead atoms. The maximum Gasteiger partial charge on any atom is 0.129 e. The van der Waals surface area contributed by atoms with Crippen LogP contribution in [0.4, 0.5) is 0 Å². The van der Waals surface area contributed by atoms with E-state index in [9.17, 15) is 0 Å². The number of imidazole rings is 1. The molecule has 1 fully saturated rings. The zero-order valence-electron chi connectivity index (χ0n) is 16.5. The van der Waals surface area contributed by atoms with Crippen LogP contribution in [-0.4, -0.2) is 35.6 Å². The van der Waals surface area contributed by atoms with Gasteiger partial charge in [-0.1, -0.05) is 12.1 Å². The fourth-order valence-electron chi connectivity index (χ4n) is 4.20. The van der Waals surface area contributed by atoms with E-state index in [2.05, 4.69) is 41.1 Å². The summed E-state index contributed by atoms with van der Waals surface area (Å²) in [6, 6.07) is 10.8. The van der Waals surface area contributed by atoms with Crippen LogP contribution in [0.15, 0.2) is 30.3 Å². The van der Waals surface area contributed by atoms with Gasteiger partial charge in [0.05, 0.1) is 31.3 Å². The first-order chi connectivity index (χ1) is 13.1. The number of ether oxygens (including phenoxy) is 2. The minimum Gasteiger partial charge on any atom is -0.496 e. The number of aryl methyl sites for hydroxylation is 1. The van der Waals surface area contributed by atoms with Crippen molar-refractivity contribution in [3.63, 3.8) is 0 Å². The van der Waals surface area contributed by atoms with Gasteiger partial charge in [-0.25, -0.2) is 4.98 Å². The highest BCUT2D eigenvalue weighted by Gasteiger charge is 2.29. The lowest BCUT2D eigenvalue weighted by Gasteiger charge is -2.24. The lowest BCUT2D eigenvalue weighted by Crippen LogP contribution is -2.24. The molecule has 27 heavy (non-hydrogen) atoms. The molecule has 5 heteroatoms. The first-order valence-corrected chi connectivity index (χ1v) is 9.51. The summed E-state index contributed by atoms with van der Waals surface area (Å²) in [7, 11) is 3.43. The molecule has 0 saturated carbocycles. The van der Waals surface area contributed by atoms with E-state index in [-0.39, 0.29) is 0 Å². The molecule has 0 radical (unpaired) electrons. The van der Waals surface area contributed by atoms with E-state index in [0.717, 1.165) is 53.4 Å². The van der Waals surface area contributed by atoms with Crippen LogP contribution in [0.5, 0.6) is 11.5 Å². The van der Waals surface area contributed by atoms with Crippen molar-refractivity contribution >= 4 is 11.0 Å². The van der Waals surface area contributed by atoms with E-state index >= 15 is 0 Å². The third-order valence-corrected chi connectivity index (χ3v) is 5.57. The van der Waals surface area contributed by atoms with Crippen LogP contribution in [0.3, 0.4) is 0 Å². The Morgan fingerprint density at radius 2 is 2.00 bits per heavy atom. The Labute approximate surface area is 160 Å². The highest BCUT2D eigenvalue weighted by molar-refractivity contribution is 5.75. The number of rotatable bonds is 5. The summed E-state index contributed by atoms with van der Waals surface area (Å²) in [5, 5.41) is 0. The molecular weight excluding hydrogens is 338 g/mol. The fraction of sp³-hybridized carbons (Fsp3) is 0.409. The molecule has 5 nitrogen and oxygen atoms in total. The summed E-state index contributed by atoms with van der Waals surface area (Å²) in [4.78, 5) is 10.9. The molecule has 3 aromatic rings. The van der Waals surface area contributed by atoms with Crippen LogP contribution < -0.4 is 9.47 Å². The number of hydrogen-bond acceptors (Lipinski definition) is 4. The van der Waals surface area contributed by atoms with Crippen LogP contribution in [0.2, 0.25) is 0 Å². The number of fused-ring (bicyclic) bond motifs is 1. The highest BCUT2D eigenvalue weighted by atomic mass is 16.5. The molecule has 1 aliphatic heterocycles. The summed E-state index contributed by atoms with van der Waals surface area (Å²) < 4.78 is 11.1. The second-order valence-corrected chi connectivity index (χ2v) is 7.36. The quantitative estimate of drug-likeness (QED) is 0.721. The predicted octanol–water partition coefficient (Wildman–Crippen LogP) is 4.53. The van der Waals surface area contributed by atoms with Gasteiger partial charge in [-0.2, -0.15) is 0 Å². The number of nitrogens with one attached hydrogen (secondary N) is 1. The number of H-pyrrole nitrogens is 1. The van der Waals surface area contributed by atoms with Gasteiger partial charge in [0.15, 0.2) is 0 Å². The van der Waals surface area contributed by atoms with Gasteiger partial charge in [-0.15, -0.1) is 0 Å². The van der Waals surface area contributed by atoms with Crippen molar-refractivity contribution in [3.8, 4) is 11.5 Å². The van der Waals surface area contributed by atoms with E-state index in [1.165, 1.54) is 17.5 Å². The maximum atomic E-state index is 5.70. The number of benzene rings is 2. The minimum atomic E-state index is 0.310. The van der Waals surface area contributed by atoms with Crippen LogP contribution in [0, 0.1) is 13.8 Å². The molecule has 1 saturated heterocycles. The Hall–Kier alpha value is -2.53. The molecule has 0 unspecified atom stereocenters. The zero-order valence-corrected chi connectivity index (χ0v) is 16.5. The zero-order chi connectivity index (χ0) is 19.0. The molecule has 2 heterocycles. The Kier molecular flexibility index (Phi) is 4.79. The van der Waals surface area contributed by atoms with Crippen molar-refractivity contribution in [3.05, 3.63) is 52.8 Å². The van der Waals surface area contributed by atoms with E-state index in [1.807, 2.05) is 13.0 Å². The lowest BCUT2D eigenvalue weighted by atomic mass is 10.1. The molecule has 0 amide bonds. The van der Waals surface area contributed by atoms with E-state index in [4.69, 9.17) is 14.5 Å². The third kappa shape index (κ3) is 3.28. The van der Waals surface area contributed by atoms with Crippen molar-refractivity contribution in [1.82, 2.24) is 14.9 Å². The molecule has 1 aliphatic rings. The summed E-state index contributed by atoms with van der Waals surface area (Å²) in [5.74, 6) is 2.85. The first kappa shape index (κ1) is 17.9. The Bertz CT molecular complexity index is 964. The summed E-state index contributed by atoms with van der Waals surface area (Å²) >= 11 is 0. The topological polar surface area (TPSA) is 50.4 Å². The van der Waals surface area contributed by atoms with E-state index in [0.29, 0.717) is 6.04 Å². The Balaban J connectivity index is 1.63. The monoisotopic (exact) mass is 365 g/mol. The standard InChI is InChI=1S/C22H27N3O2/c1-14-7-9-17-18(12-14)24-22(23-17)19-6-5-11-25(19)13-16-8-10-20(26-3)15(2)21(16)27-4/h7-10,12,19H,5-6,11,13H2,1-4H3,(H,23,24)/t19-/m1/s1. The van der Waals surface area contributed by atoms with Gasteiger partial charge in [-0.05, 0) is 57.0 Å². The van der Waals surface area contributed by atoms with Gasteiger partial charge in [0.25, 0.3) is 0 Å². The van der Waals surface area contributed by atoms with Gasteiger partial charge >= 0.3 is 0 Å². The van der Waals surface area contributed by atoms with E-state index < -0.39 is 0 Å². The van der Waals surface area contributed by atoms with Crippen LogP contribution >= 0.6 is 0 Å².